The van der Waals surface area contributed by atoms with E-state index in [-0.39, 0.29) is 6.04 Å². The third kappa shape index (κ3) is 3.23. The molecule has 18 heavy (non-hydrogen) atoms. The number of likely N-dealkylation sites (tertiary alicyclic amines) is 1. The SMILES string of the molecule is CCC(C)CN1CCCC1C(=O)N1CCNCC1. The van der Waals surface area contributed by atoms with Crippen LogP contribution < -0.4 is 5.32 Å². The van der Waals surface area contributed by atoms with E-state index in [1.54, 1.807) is 0 Å². The molecule has 2 heterocycles. The number of amides is 1. The lowest BCUT2D eigenvalue weighted by Gasteiger charge is -2.33. The van der Waals surface area contributed by atoms with Gasteiger partial charge in [-0.1, -0.05) is 20.3 Å². The first-order valence-corrected chi connectivity index (χ1v) is 7.46. The number of rotatable bonds is 4. The molecule has 0 aliphatic carbocycles. The Balaban J connectivity index is 1.91. The molecule has 0 aromatic rings. The second-order valence-corrected chi connectivity index (χ2v) is 5.74. The van der Waals surface area contributed by atoms with Gasteiger partial charge < -0.3 is 10.2 Å². The van der Waals surface area contributed by atoms with Gasteiger partial charge in [-0.2, -0.15) is 0 Å². The summed E-state index contributed by atoms with van der Waals surface area (Å²) in [6.45, 7) is 10.4. The molecule has 2 rings (SSSR count). The van der Waals surface area contributed by atoms with Crippen LogP contribution in [0.2, 0.25) is 0 Å². The minimum absolute atomic E-state index is 0.164. The van der Waals surface area contributed by atoms with Crippen LogP contribution in [-0.4, -0.2) is 61.0 Å². The molecule has 1 amide bonds. The van der Waals surface area contributed by atoms with E-state index in [2.05, 4.69) is 29.0 Å². The highest BCUT2D eigenvalue weighted by atomic mass is 16.2. The summed E-state index contributed by atoms with van der Waals surface area (Å²) in [7, 11) is 0. The van der Waals surface area contributed by atoms with Crippen molar-refractivity contribution < 1.29 is 4.79 Å². The third-order valence-corrected chi connectivity index (χ3v) is 4.32. The van der Waals surface area contributed by atoms with Crippen molar-refractivity contribution in [1.29, 1.82) is 0 Å². The van der Waals surface area contributed by atoms with E-state index in [1.165, 1.54) is 12.8 Å². The third-order valence-electron chi connectivity index (χ3n) is 4.32. The maximum Gasteiger partial charge on any atom is 0.240 e. The summed E-state index contributed by atoms with van der Waals surface area (Å²) in [4.78, 5) is 17.0. The summed E-state index contributed by atoms with van der Waals surface area (Å²) in [5, 5.41) is 3.31. The zero-order valence-electron chi connectivity index (χ0n) is 11.8. The summed E-state index contributed by atoms with van der Waals surface area (Å²) in [6.07, 6.45) is 3.43. The van der Waals surface area contributed by atoms with Gasteiger partial charge in [-0.15, -0.1) is 0 Å². The Bertz CT molecular complexity index is 276. The first-order valence-electron chi connectivity index (χ1n) is 7.46. The first kappa shape index (κ1) is 13.8. The Morgan fingerprint density at radius 3 is 2.72 bits per heavy atom. The van der Waals surface area contributed by atoms with Gasteiger partial charge in [0.15, 0.2) is 0 Å². The lowest BCUT2D eigenvalue weighted by atomic mass is 10.1. The standard InChI is InChI=1S/C14H27N3O/c1-3-12(2)11-17-8-4-5-13(17)14(18)16-9-6-15-7-10-16/h12-13,15H,3-11H2,1-2H3. The Hall–Kier alpha value is -0.610. The quantitative estimate of drug-likeness (QED) is 0.809. The van der Waals surface area contributed by atoms with Crippen molar-refractivity contribution in [1.82, 2.24) is 15.1 Å². The molecule has 2 aliphatic heterocycles. The van der Waals surface area contributed by atoms with Crippen molar-refractivity contribution in [3.63, 3.8) is 0 Å². The number of hydrogen-bond donors (Lipinski definition) is 1. The smallest absolute Gasteiger partial charge is 0.240 e. The molecule has 0 spiro atoms. The average Bonchev–Trinajstić information content (AvgIpc) is 2.86. The summed E-state index contributed by atoms with van der Waals surface area (Å²) in [6, 6.07) is 0.164. The van der Waals surface area contributed by atoms with Crippen molar-refractivity contribution >= 4 is 5.91 Å². The van der Waals surface area contributed by atoms with Crippen LogP contribution >= 0.6 is 0 Å². The molecule has 2 saturated heterocycles. The van der Waals surface area contributed by atoms with Crippen molar-refractivity contribution in [2.24, 2.45) is 5.92 Å². The molecule has 0 saturated carbocycles. The molecule has 2 aliphatic rings. The molecule has 0 bridgehead atoms. The largest absolute Gasteiger partial charge is 0.339 e. The van der Waals surface area contributed by atoms with Crippen molar-refractivity contribution in [2.75, 3.05) is 39.3 Å². The molecule has 4 heteroatoms. The fourth-order valence-corrected chi connectivity index (χ4v) is 2.95. The molecular weight excluding hydrogens is 226 g/mol. The zero-order valence-corrected chi connectivity index (χ0v) is 11.8. The Kier molecular flexibility index (Phi) is 5.01. The number of hydrogen-bond acceptors (Lipinski definition) is 3. The Morgan fingerprint density at radius 2 is 2.06 bits per heavy atom. The molecule has 104 valence electrons. The second kappa shape index (κ2) is 6.53. The Morgan fingerprint density at radius 1 is 1.33 bits per heavy atom. The van der Waals surface area contributed by atoms with Crippen LogP contribution in [0.1, 0.15) is 33.1 Å². The highest BCUT2D eigenvalue weighted by Gasteiger charge is 2.34. The van der Waals surface area contributed by atoms with E-state index in [0.29, 0.717) is 11.8 Å². The summed E-state index contributed by atoms with van der Waals surface area (Å²) < 4.78 is 0. The van der Waals surface area contributed by atoms with Crippen LogP contribution in [0.5, 0.6) is 0 Å². The van der Waals surface area contributed by atoms with Gasteiger partial charge in [0.25, 0.3) is 0 Å². The van der Waals surface area contributed by atoms with Crippen molar-refractivity contribution in [2.45, 2.75) is 39.2 Å². The minimum atomic E-state index is 0.164. The molecule has 0 radical (unpaired) electrons. The lowest BCUT2D eigenvalue weighted by molar-refractivity contribution is -0.136. The van der Waals surface area contributed by atoms with Gasteiger partial charge in [0.05, 0.1) is 6.04 Å². The molecule has 2 unspecified atom stereocenters. The van der Waals surface area contributed by atoms with Crippen LogP contribution in [-0.2, 0) is 4.79 Å². The maximum absolute atomic E-state index is 12.5. The van der Waals surface area contributed by atoms with E-state index >= 15 is 0 Å². The highest BCUT2D eigenvalue weighted by molar-refractivity contribution is 5.82. The van der Waals surface area contributed by atoms with Gasteiger partial charge in [0, 0.05) is 32.7 Å². The average molecular weight is 253 g/mol. The molecule has 2 atom stereocenters. The van der Waals surface area contributed by atoms with Crippen LogP contribution in [0.3, 0.4) is 0 Å². The molecule has 2 fully saturated rings. The number of carbonyl (C=O) groups excluding carboxylic acids is 1. The lowest BCUT2D eigenvalue weighted by Crippen LogP contribution is -2.52. The molecule has 1 N–H and O–H groups in total. The molecule has 0 aromatic carbocycles. The molecular formula is C14H27N3O. The normalized spacial score (nSPS) is 27.4. The van der Waals surface area contributed by atoms with Gasteiger partial charge in [0.1, 0.15) is 0 Å². The monoisotopic (exact) mass is 253 g/mol. The maximum atomic E-state index is 12.5. The van der Waals surface area contributed by atoms with Gasteiger partial charge in [-0.05, 0) is 25.3 Å². The van der Waals surface area contributed by atoms with Crippen LogP contribution in [0, 0.1) is 5.92 Å². The topological polar surface area (TPSA) is 35.6 Å². The van der Waals surface area contributed by atoms with Gasteiger partial charge in [-0.25, -0.2) is 0 Å². The molecule has 0 aromatic heterocycles. The summed E-state index contributed by atoms with van der Waals surface area (Å²) >= 11 is 0. The fourth-order valence-electron chi connectivity index (χ4n) is 2.95. The number of nitrogens with zero attached hydrogens (tertiary/aromatic N) is 2. The van der Waals surface area contributed by atoms with E-state index in [4.69, 9.17) is 0 Å². The van der Waals surface area contributed by atoms with Gasteiger partial charge in [0.2, 0.25) is 5.91 Å². The molecule has 4 nitrogen and oxygen atoms in total. The first-order chi connectivity index (χ1) is 8.72. The Labute approximate surface area is 111 Å². The van der Waals surface area contributed by atoms with Gasteiger partial charge in [-0.3, -0.25) is 9.69 Å². The zero-order chi connectivity index (χ0) is 13.0. The van der Waals surface area contributed by atoms with Crippen LogP contribution in [0.25, 0.3) is 0 Å². The number of nitrogens with one attached hydrogen (secondary N) is 1. The fraction of sp³-hybridized carbons (Fsp3) is 0.929. The predicted octanol–water partition coefficient (Wildman–Crippen LogP) is 0.929. The van der Waals surface area contributed by atoms with E-state index in [0.717, 1.165) is 45.7 Å². The predicted molar refractivity (Wildman–Crippen MR) is 73.5 cm³/mol. The van der Waals surface area contributed by atoms with E-state index in [9.17, 15) is 4.79 Å². The van der Waals surface area contributed by atoms with Crippen LogP contribution in [0.4, 0.5) is 0 Å². The number of carbonyl (C=O) groups is 1. The minimum Gasteiger partial charge on any atom is -0.339 e. The van der Waals surface area contributed by atoms with E-state index in [1.807, 2.05) is 0 Å². The van der Waals surface area contributed by atoms with E-state index < -0.39 is 0 Å². The van der Waals surface area contributed by atoms with Crippen LogP contribution in [0.15, 0.2) is 0 Å². The highest BCUT2D eigenvalue weighted by Crippen LogP contribution is 2.21. The second-order valence-electron chi connectivity index (χ2n) is 5.74. The van der Waals surface area contributed by atoms with Crippen molar-refractivity contribution in [3.8, 4) is 0 Å². The van der Waals surface area contributed by atoms with Gasteiger partial charge >= 0.3 is 0 Å². The summed E-state index contributed by atoms with van der Waals surface area (Å²) in [5.74, 6) is 1.07. The summed E-state index contributed by atoms with van der Waals surface area (Å²) in [5.41, 5.74) is 0. The van der Waals surface area contributed by atoms with Crippen molar-refractivity contribution in [3.05, 3.63) is 0 Å². The number of piperazine rings is 1.